The summed E-state index contributed by atoms with van der Waals surface area (Å²) >= 11 is 0. The van der Waals surface area contributed by atoms with Gasteiger partial charge in [0.1, 0.15) is 18.8 Å². The van der Waals surface area contributed by atoms with Crippen LogP contribution in [0.1, 0.15) is 53.6 Å². The molecule has 0 aliphatic heterocycles. The Hall–Kier alpha value is -4.54. The minimum atomic E-state index is -1.51. The summed E-state index contributed by atoms with van der Waals surface area (Å²) in [4.78, 5) is 32.1. The molecule has 0 fully saturated rings. The van der Waals surface area contributed by atoms with Crippen LogP contribution in [0.5, 0.6) is 23.5 Å². The number of nitrogens with one attached hydrogen (secondary N) is 1. The molecule has 2 atom stereocenters. The van der Waals surface area contributed by atoms with Gasteiger partial charge in [-0.15, -0.1) is 0 Å². The third kappa shape index (κ3) is 10.8. The topological polar surface area (TPSA) is 190 Å². The van der Waals surface area contributed by atoms with Crippen molar-refractivity contribution in [1.82, 2.24) is 15.3 Å². The molecular formula is C39H51N3O10S2. The first-order valence-corrected chi connectivity index (χ1v) is 16.7. The van der Waals surface area contributed by atoms with Gasteiger partial charge in [0.25, 0.3) is 0 Å². The fourth-order valence-corrected chi connectivity index (χ4v) is 5.46. The molecule has 0 amide bonds. The molecule has 2 aromatic carbocycles. The summed E-state index contributed by atoms with van der Waals surface area (Å²) in [7, 11) is 2.97. The highest BCUT2D eigenvalue weighted by molar-refractivity contribution is 7.59. The van der Waals surface area contributed by atoms with Crippen LogP contribution in [0.15, 0.2) is 60.7 Å². The van der Waals surface area contributed by atoms with Crippen LogP contribution in [-0.4, -0.2) is 75.3 Å². The van der Waals surface area contributed by atoms with Crippen LogP contribution in [-0.2, 0) is 35.8 Å². The van der Waals surface area contributed by atoms with E-state index in [4.69, 9.17) is 18.9 Å². The molecular weight excluding hydrogens is 735 g/mol. The Bertz CT molecular complexity index is 1760. The first-order valence-electron chi connectivity index (χ1n) is 16.7. The van der Waals surface area contributed by atoms with Gasteiger partial charge < -0.3 is 39.4 Å². The first-order chi connectivity index (χ1) is 24.8. The van der Waals surface area contributed by atoms with Crippen LogP contribution in [0.25, 0.3) is 11.1 Å². The summed E-state index contributed by atoms with van der Waals surface area (Å²) in [6.07, 6.45) is 0.581. The fourth-order valence-electron chi connectivity index (χ4n) is 5.46. The van der Waals surface area contributed by atoms with Crippen LogP contribution >= 0.6 is 27.0 Å². The lowest BCUT2D eigenvalue weighted by Crippen LogP contribution is -2.52. The monoisotopic (exact) mass is 785 g/mol. The van der Waals surface area contributed by atoms with Crippen LogP contribution in [0.4, 0.5) is 0 Å². The van der Waals surface area contributed by atoms with Crippen molar-refractivity contribution < 1.29 is 49.0 Å². The van der Waals surface area contributed by atoms with Gasteiger partial charge >= 0.3 is 11.9 Å². The second-order valence-corrected chi connectivity index (χ2v) is 13.1. The number of benzene rings is 2. The van der Waals surface area contributed by atoms with Gasteiger partial charge in [-0.1, -0.05) is 36.4 Å². The number of aliphatic hydroxyl groups excluding tert-OH is 2. The molecule has 4 aromatic rings. The van der Waals surface area contributed by atoms with Crippen LogP contribution in [0.3, 0.4) is 0 Å². The Morgan fingerprint density at radius 3 is 1.59 bits per heavy atom. The normalized spacial score (nSPS) is 13.0. The molecule has 13 nitrogen and oxygen atoms in total. The summed E-state index contributed by atoms with van der Waals surface area (Å²) in [5.74, 6) is -0.910. The number of aromatic nitrogens is 2. The molecule has 0 unspecified atom stereocenters. The number of carboxylic acids is 2. The predicted molar refractivity (Wildman–Crippen MR) is 213 cm³/mol. The van der Waals surface area contributed by atoms with Gasteiger partial charge in [-0.2, -0.15) is 37.0 Å². The zero-order chi connectivity index (χ0) is 38.1. The third-order valence-corrected chi connectivity index (χ3v) is 9.42. The van der Waals surface area contributed by atoms with E-state index in [0.29, 0.717) is 29.6 Å². The van der Waals surface area contributed by atoms with Gasteiger partial charge in [-0.3, -0.25) is 14.9 Å². The minimum Gasteiger partial charge on any atom is -0.481 e. The highest BCUT2D eigenvalue weighted by Crippen LogP contribution is 2.32. The predicted octanol–water partition coefficient (Wildman–Crippen LogP) is 5.10. The number of hydrogen-bond donors (Lipinski definition) is 5. The van der Waals surface area contributed by atoms with Gasteiger partial charge in [-0.05, 0) is 86.1 Å². The molecule has 0 aliphatic rings. The fraction of sp³-hybridized carbons (Fsp3) is 0.385. The van der Waals surface area contributed by atoms with E-state index >= 15 is 0 Å². The maximum atomic E-state index is 11.6. The molecule has 2 heterocycles. The molecule has 4 rings (SSSR count). The minimum absolute atomic E-state index is 0. The van der Waals surface area contributed by atoms with Crippen molar-refractivity contribution in [3.8, 4) is 34.6 Å². The highest BCUT2D eigenvalue weighted by Gasteiger charge is 2.33. The molecule has 5 N–H and O–H groups in total. The maximum Gasteiger partial charge on any atom is 0.326 e. The molecule has 0 saturated heterocycles. The smallest absolute Gasteiger partial charge is 0.326 e. The van der Waals surface area contributed by atoms with Gasteiger partial charge in [0.05, 0.1) is 32.8 Å². The number of ether oxygens (including phenoxy) is 4. The molecule has 0 saturated carbocycles. The van der Waals surface area contributed by atoms with E-state index < -0.39 is 36.1 Å². The Morgan fingerprint density at radius 2 is 1.17 bits per heavy atom. The molecule has 0 spiro atoms. The number of rotatable bonds is 19. The number of nitrogens with zero attached hydrogens (tertiary/aromatic N) is 2. The second-order valence-electron chi connectivity index (χ2n) is 13.1. The summed E-state index contributed by atoms with van der Waals surface area (Å²) in [5.41, 5.74) is 4.65. The van der Waals surface area contributed by atoms with Gasteiger partial charge in [0, 0.05) is 29.8 Å². The lowest BCUT2D eigenvalue weighted by Gasteiger charge is -2.24. The number of carbonyl (C=O) groups is 2. The Balaban J connectivity index is 0.00000504. The number of aryl methyl sites for hydroxylation is 1. The number of aliphatic carboxylic acids is 2. The number of carboxylic acid groups (broad SMARTS) is 2. The van der Waals surface area contributed by atoms with E-state index in [1.54, 1.807) is 24.3 Å². The molecule has 0 aliphatic carbocycles. The van der Waals surface area contributed by atoms with E-state index in [0.717, 1.165) is 38.9 Å². The van der Waals surface area contributed by atoms with Gasteiger partial charge in [-0.25, -0.2) is 0 Å². The first kappa shape index (κ1) is 45.6. The summed E-state index contributed by atoms with van der Waals surface area (Å²) in [6.45, 7) is 6.56. The van der Waals surface area contributed by atoms with Crippen molar-refractivity contribution in [2.45, 2.75) is 65.8 Å². The third-order valence-electron chi connectivity index (χ3n) is 9.42. The molecule has 294 valence electrons. The van der Waals surface area contributed by atoms with Crippen molar-refractivity contribution in [3.63, 3.8) is 0 Å². The zero-order valence-electron chi connectivity index (χ0n) is 31.4. The second kappa shape index (κ2) is 20.2. The number of pyridine rings is 2. The van der Waals surface area contributed by atoms with E-state index in [-0.39, 0.29) is 59.1 Å². The molecule has 0 bridgehead atoms. The quantitative estimate of drug-likeness (QED) is 0.0845. The average Bonchev–Trinajstić information content (AvgIpc) is 3.15. The maximum absolute atomic E-state index is 11.6. The molecule has 0 radical (unpaired) electrons. The van der Waals surface area contributed by atoms with Crippen molar-refractivity contribution in [2.75, 3.05) is 27.4 Å². The highest BCUT2D eigenvalue weighted by atomic mass is 32.1. The van der Waals surface area contributed by atoms with Crippen molar-refractivity contribution >= 4 is 38.9 Å². The van der Waals surface area contributed by atoms with Crippen molar-refractivity contribution in [2.24, 2.45) is 5.41 Å². The summed E-state index contributed by atoms with van der Waals surface area (Å²) < 4.78 is 23.0. The van der Waals surface area contributed by atoms with Crippen LogP contribution in [0, 0.1) is 19.3 Å². The lowest BCUT2D eigenvalue weighted by molar-refractivity contribution is -0.150. The number of hydrogen-bond acceptors (Lipinski definition) is 11. The summed E-state index contributed by atoms with van der Waals surface area (Å²) in [5, 5.41) is 40.9. The Kier molecular flexibility index (Phi) is 17.1. The van der Waals surface area contributed by atoms with Crippen LogP contribution in [0.2, 0.25) is 0 Å². The van der Waals surface area contributed by atoms with E-state index in [2.05, 4.69) is 27.4 Å². The van der Waals surface area contributed by atoms with E-state index in [1.807, 2.05) is 38.1 Å². The van der Waals surface area contributed by atoms with Crippen LogP contribution < -0.4 is 24.3 Å². The Labute approximate surface area is 329 Å². The standard InChI is InChI=1S/C39H47N3O10.2H2S/c1-24-28(20-51-32-15-13-26(34(41-32)49-5)17-18-38(3,22-43)36(45)46)9-7-11-30(24)31-12-8-10-29(25(31)2)21-52-33-16-14-27(35(42-33)50-6)19-40-39(4,23-44)37(47)48;;/h7-16,40,43-44H,17-23H2,1-6H3,(H,45,46)(H,47,48);2*1H2/t38-,39-;;/m0../s1. The molecule has 54 heavy (non-hydrogen) atoms. The summed E-state index contributed by atoms with van der Waals surface area (Å²) in [6, 6.07) is 19.0. The van der Waals surface area contributed by atoms with Gasteiger partial charge in [0.15, 0.2) is 0 Å². The zero-order valence-corrected chi connectivity index (χ0v) is 33.4. The molecule has 15 heteroatoms. The van der Waals surface area contributed by atoms with Crippen molar-refractivity contribution in [1.29, 1.82) is 0 Å². The van der Waals surface area contributed by atoms with E-state index in [1.165, 1.54) is 28.1 Å². The van der Waals surface area contributed by atoms with E-state index in [9.17, 15) is 30.0 Å². The lowest BCUT2D eigenvalue weighted by atomic mass is 9.85. The average molecular weight is 786 g/mol. The Morgan fingerprint density at radius 1 is 0.685 bits per heavy atom. The number of methoxy groups -OCH3 is 2. The number of aliphatic hydroxyl groups is 2. The van der Waals surface area contributed by atoms with Crippen molar-refractivity contribution in [3.05, 3.63) is 94.0 Å². The SMILES string of the molecule is COc1nc(OCc2cccc(-c3cccc(COc4ccc(CN[C@@](C)(CO)C(=O)O)c(OC)n4)c3C)c2C)ccc1CC[C@@](C)(CO)C(=O)O.S.S. The largest absolute Gasteiger partial charge is 0.481 e. The van der Waals surface area contributed by atoms with Gasteiger partial charge in [0.2, 0.25) is 23.5 Å². The molecule has 2 aromatic heterocycles.